The first-order chi connectivity index (χ1) is 8.21. The second kappa shape index (κ2) is 4.29. The third-order valence-corrected chi connectivity index (χ3v) is 3.93. The number of fused-ring (bicyclic) bond motifs is 1. The summed E-state index contributed by atoms with van der Waals surface area (Å²) >= 11 is 0. The molecule has 0 fully saturated rings. The Morgan fingerprint density at radius 2 is 1.72 bits per heavy atom. The molecule has 1 atom stereocenters. The van der Waals surface area contributed by atoms with Gasteiger partial charge in [-0.05, 0) is 34.3 Å². The SMILES string of the molecule is CC(C)(C)c1cccc2c1OCCC2C(C)(C)C. The van der Waals surface area contributed by atoms with E-state index in [0.29, 0.717) is 11.3 Å². The number of para-hydroxylation sites is 1. The highest BCUT2D eigenvalue weighted by Crippen LogP contribution is 2.47. The normalized spacial score (nSPS) is 20.2. The molecular weight excluding hydrogens is 220 g/mol. The van der Waals surface area contributed by atoms with E-state index in [1.807, 2.05) is 0 Å². The van der Waals surface area contributed by atoms with Crippen molar-refractivity contribution in [1.82, 2.24) is 0 Å². The molecule has 0 amide bonds. The molecule has 0 aromatic heterocycles. The molecule has 0 N–H and O–H groups in total. The number of rotatable bonds is 0. The van der Waals surface area contributed by atoms with E-state index in [-0.39, 0.29) is 5.41 Å². The molecule has 18 heavy (non-hydrogen) atoms. The Kier molecular flexibility index (Phi) is 3.21. The van der Waals surface area contributed by atoms with Crippen LogP contribution in [0, 0.1) is 5.41 Å². The van der Waals surface area contributed by atoms with Crippen molar-refractivity contribution < 1.29 is 4.74 Å². The van der Waals surface area contributed by atoms with Crippen molar-refractivity contribution in [2.45, 2.75) is 59.3 Å². The molecule has 1 unspecified atom stereocenters. The Morgan fingerprint density at radius 3 is 2.28 bits per heavy atom. The highest BCUT2D eigenvalue weighted by atomic mass is 16.5. The van der Waals surface area contributed by atoms with Gasteiger partial charge in [0.1, 0.15) is 5.75 Å². The number of ether oxygens (including phenoxy) is 1. The van der Waals surface area contributed by atoms with Crippen LogP contribution in [-0.4, -0.2) is 6.61 Å². The summed E-state index contributed by atoms with van der Waals surface area (Å²) in [7, 11) is 0. The van der Waals surface area contributed by atoms with Gasteiger partial charge in [0.15, 0.2) is 0 Å². The van der Waals surface area contributed by atoms with Gasteiger partial charge in [0.25, 0.3) is 0 Å². The summed E-state index contributed by atoms with van der Waals surface area (Å²) in [4.78, 5) is 0. The van der Waals surface area contributed by atoms with Gasteiger partial charge >= 0.3 is 0 Å². The highest BCUT2D eigenvalue weighted by Gasteiger charge is 2.34. The monoisotopic (exact) mass is 246 g/mol. The van der Waals surface area contributed by atoms with E-state index in [2.05, 4.69) is 59.7 Å². The van der Waals surface area contributed by atoms with Gasteiger partial charge < -0.3 is 4.74 Å². The lowest BCUT2D eigenvalue weighted by Crippen LogP contribution is -2.27. The van der Waals surface area contributed by atoms with Crippen molar-refractivity contribution in [3.63, 3.8) is 0 Å². The van der Waals surface area contributed by atoms with Crippen LogP contribution in [0.3, 0.4) is 0 Å². The minimum atomic E-state index is 0.144. The summed E-state index contributed by atoms with van der Waals surface area (Å²) in [6.45, 7) is 14.6. The van der Waals surface area contributed by atoms with Gasteiger partial charge in [0.05, 0.1) is 6.61 Å². The van der Waals surface area contributed by atoms with Crippen LogP contribution in [0.5, 0.6) is 5.75 Å². The number of hydrogen-bond acceptors (Lipinski definition) is 1. The van der Waals surface area contributed by atoms with Crippen LogP contribution in [0.15, 0.2) is 18.2 Å². The van der Waals surface area contributed by atoms with Gasteiger partial charge in [-0.3, -0.25) is 0 Å². The molecule has 100 valence electrons. The van der Waals surface area contributed by atoms with Gasteiger partial charge in [0.2, 0.25) is 0 Å². The molecule has 1 heteroatoms. The minimum Gasteiger partial charge on any atom is -0.493 e. The van der Waals surface area contributed by atoms with Crippen LogP contribution < -0.4 is 4.74 Å². The molecule has 0 radical (unpaired) electrons. The molecule has 0 spiro atoms. The predicted molar refractivity (Wildman–Crippen MR) is 77.5 cm³/mol. The predicted octanol–water partition coefficient (Wildman–Crippen LogP) is 4.90. The first-order valence-corrected chi connectivity index (χ1v) is 6.97. The molecule has 1 aromatic carbocycles. The summed E-state index contributed by atoms with van der Waals surface area (Å²) < 4.78 is 6.01. The molecule has 0 aliphatic carbocycles. The second-order valence-electron chi connectivity index (χ2n) is 7.53. The van der Waals surface area contributed by atoms with E-state index in [4.69, 9.17) is 4.74 Å². The Morgan fingerprint density at radius 1 is 1.06 bits per heavy atom. The first-order valence-electron chi connectivity index (χ1n) is 6.97. The summed E-state index contributed by atoms with van der Waals surface area (Å²) in [5.74, 6) is 1.75. The molecule has 1 nitrogen and oxygen atoms in total. The van der Waals surface area contributed by atoms with Gasteiger partial charge in [-0.15, -0.1) is 0 Å². The van der Waals surface area contributed by atoms with Gasteiger partial charge in [0, 0.05) is 0 Å². The highest BCUT2D eigenvalue weighted by molar-refractivity contribution is 5.48. The topological polar surface area (TPSA) is 9.23 Å². The van der Waals surface area contributed by atoms with Crippen LogP contribution in [0.2, 0.25) is 0 Å². The zero-order valence-electron chi connectivity index (χ0n) is 12.6. The van der Waals surface area contributed by atoms with E-state index in [1.54, 1.807) is 0 Å². The average Bonchev–Trinajstić information content (AvgIpc) is 2.24. The van der Waals surface area contributed by atoms with Crippen LogP contribution in [-0.2, 0) is 5.41 Å². The fraction of sp³-hybridized carbons (Fsp3) is 0.647. The zero-order chi connectivity index (χ0) is 13.6. The van der Waals surface area contributed by atoms with Crippen molar-refractivity contribution in [2.75, 3.05) is 6.61 Å². The number of hydrogen-bond donors (Lipinski definition) is 0. The average molecular weight is 246 g/mol. The fourth-order valence-electron chi connectivity index (χ4n) is 2.91. The van der Waals surface area contributed by atoms with Gasteiger partial charge in [-0.1, -0.05) is 59.7 Å². The summed E-state index contributed by atoms with van der Waals surface area (Å²) in [5.41, 5.74) is 3.19. The molecule has 1 heterocycles. The molecular formula is C17H26O. The fourth-order valence-corrected chi connectivity index (χ4v) is 2.91. The maximum absolute atomic E-state index is 6.01. The lowest BCUT2D eigenvalue weighted by atomic mass is 9.72. The minimum absolute atomic E-state index is 0.144. The Labute approximate surface area is 112 Å². The van der Waals surface area contributed by atoms with Gasteiger partial charge in [-0.2, -0.15) is 0 Å². The smallest absolute Gasteiger partial charge is 0.126 e. The van der Waals surface area contributed by atoms with E-state index in [1.165, 1.54) is 11.1 Å². The molecule has 0 saturated carbocycles. The summed E-state index contributed by atoms with van der Waals surface area (Å²) in [6.07, 6.45) is 1.13. The number of benzene rings is 1. The van der Waals surface area contributed by atoms with E-state index in [0.717, 1.165) is 18.8 Å². The Balaban J connectivity index is 2.54. The van der Waals surface area contributed by atoms with E-state index >= 15 is 0 Å². The largest absolute Gasteiger partial charge is 0.493 e. The van der Waals surface area contributed by atoms with E-state index in [9.17, 15) is 0 Å². The third-order valence-electron chi connectivity index (χ3n) is 3.93. The summed E-state index contributed by atoms with van der Waals surface area (Å²) in [5, 5.41) is 0. The zero-order valence-corrected chi connectivity index (χ0v) is 12.6. The van der Waals surface area contributed by atoms with Crippen molar-refractivity contribution in [1.29, 1.82) is 0 Å². The van der Waals surface area contributed by atoms with Crippen LogP contribution in [0.1, 0.15) is 65.0 Å². The molecule has 0 bridgehead atoms. The van der Waals surface area contributed by atoms with Gasteiger partial charge in [-0.25, -0.2) is 0 Å². The Bertz CT molecular complexity index is 432. The maximum Gasteiger partial charge on any atom is 0.126 e. The third kappa shape index (κ3) is 2.41. The molecule has 1 aromatic rings. The molecule has 1 aliphatic heterocycles. The first kappa shape index (κ1) is 13.5. The molecule has 1 aliphatic rings. The molecule has 2 rings (SSSR count). The second-order valence-corrected chi connectivity index (χ2v) is 7.53. The van der Waals surface area contributed by atoms with Crippen LogP contribution in [0.25, 0.3) is 0 Å². The van der Waals surface area contributed by atoms with Crippen LogP contribution >= 0.6 is 0 Å². The lowest BCUT2D eigenvalue weighted by molar-refractivity contribution is 0.200. The van der Waals surface area contributed by atoms with Crippen molar-refractivity contribution >= 4 is 0 Å². The van der Waals surface area contributed by atoms with Crippen molar-refractivity contribution in [3.8, 4) is 5.75 Å². The lowest BCUT2D eigenvalue weighted by Gasteiger charge is -2.37. The van der Waals surface area contributed by atoms with Crippen LogP contribution in [0.4, 0.5) is 0 Å². The maximum atomic E-state index is 6.01. The van der Waals surface area contributed by atoms with Crippen molar-refractivity contribution in [3.05, 3.63) is 29.3 Å². The van der Waals surface area contributed by atoms with Crippen molar-refractivity contribution in [2.24, 2.45) is 5.41 Å². The summed E-state index contributed by atoms with van der Waals surface area (Å²) in [6, 6.07) is 6.65. The Hall–Kier alpha value is -0.980. The quantitative estimate of drug-likeness (QED) is 0.633. The standard InChI is InChI=1S/C17H26O/c1-16(2,3)13-10-11-18-15-12(13)8-7-9-14(15)17(4,5)6/h7-9,13H,10-11H2,1-6H3. The molecule has 0 saturated heterocycles. The van der Waals surface area contributed by atoms with E-state index < -0.39 is 0 Å².